The molecule has 1 saturated heterocycles. The molecule has 0 radical (unpaired) electrons. The summed E-state index contributed by atoms with van der Waals surface area (Å²) >= 11 is 0. The molecule has 3 nitrogen and oxygen atoms in total. The monoisotopic (exact) mass is 232 g/mol. The number of carbonyl (C=O) groups excluding carboxylic acids is 1. The maximum atomic E-state index is 11.1. The summed E-state index contributed by atoms with van der Waals surface area (Å²) in [7, 11) is 0. The average Bonchev–Trinajstić information content (AvgIpc) is 2.75. The topological polar surface area (TPSA) is 41.1 Å². The van der Waals surface area contributed by atoms with E-state index in [1.54, 1.807) is 0 Å². The third-order valence-electron chi connectivity index (χ3n) is 3.27. The number of amides is 1. The minimum atomic E-state index is 0.164. The number of carbonyl (C=O) groups is 1. The quantitative estimate of drug-likeness (QED) is 0.807. The van der Waals surface area contributed by atoms with Crippen LogP contribution < -0.4 is 10.6 Å². The molecule has 2 rings (SSSR count). The van der Waals surface area contributed by atoms with E-state index in [-0.39, 0.29) is 5.91 Å². The second kappa shape index (κ2) is 5.82. The Bertz CT molecular complexity index is 364. The Labute approximate surface area is 103 Å². The molecule has 17 heavy (non-hydrogen) atoms. The maximum absolute atomic E-state index is 11.1. The fourth-order valence-corrected chi connectivity index (χ4v) is 2.28. The molecule has 1 amide bonds. The molecule has 2 unspecified atom stereocenters. The molecule has 2 atom stereocenters. The van der Waals surface area contributed by atoms with Crippen molar-refractivity contribution in [2.75, 3.05) is 6.54 Å². The first kappa shape index (κ1) is 12.1. The van der Waals surface area contributed by atoms with Crippen LogP contribution in [0.15, 0.2) is 30.3 Å². The van der Waals surface area contributed by atoms with E-state index in [4.69, 9.17) is 0 Å². The molecule has 1 aliphatic rings. The third-order valence-corrected chi connectivity index (χ3v) is 3.27. The Morgan fingerprint density at radius 2 is 2.18 bits per heavy atom. The van der Waals surface area contributed by atoms with E-state index in [0.29, 0.717) is 18.5 Å². The van der Waals surface area contributed by atoms with Gasteiger partial charge in [-0.25, -0.2) is 0 Å². The Kier molecular flexibility index (Phi) is 4.15. The number of hydrogen-bond acceptors (Lipinski definition) is 2. The van der Waals surface area contributed by atoms with Gasteiger partial charge >= 0.3 is 0 Å². The van der Waals surface area contributed by atoms with Crippen molar-refractivity contribution < 1.29 is 4.79 Å². The molecule has 1 heterocycles. The van der Waals surface area contributed by atoms with Crippen LogP contribution in [0.25, 0.3) is 0 Å². The summed E-state index contributed by atoms with van der Waals surface area (Å²) in [5.74, 6) is 0.164. The number of benzene rings is 1. The Morgan fingerprint density at radius 3 is 2.76 bits per heavy atom. The highest BCUT2D eigenvalue weighted by molar-refractivity contribution is 5.78. The molecule has 0 spiro atoms. The van der Waals surface area contributed by atoms with Crippen molar-refractivity contribution in [1.29, 1.82) is 0 Å². The Hall–Kier alpha value is -1.35. The van der Waals surface area contributed by atoms with E-state index in [9.17, 15) is 4.79 Å². The minimum Gasteiger partial charge on any atom is -0.354 e. The molecule has 0 bridgehead atoms. The van der Waals surface area contributed by atoms with E-state index < -0.39 is 0 Å². The van der Waals surface area contributed by atoms with Gasteiger partial charge in [-0.15, -0.1) is 0 Å². The average molecular weight is 232 g/mol. The van der Waals surface area contributed by atoms with Gasteiger partial charge < -0.3 is 10.6 Å². The van der Waals surface area contributed by atoms with Crippen molar-refractivity contribution in [2.24, 2.45) is 0 Å². The van der Waals surface area contributed by atoms with Gasteiger partial charge in [0.15, 0.2) is 0 Å². The van der Waals surface area contributed by atoms with Gasteiger partial charge in [0.05, 0.1) is 0 Å². The molecule has 1 aliphatic heterocycles. The zero-order valence-corrected chi connectivity index (χ0v) is 10.3. The lowest BCUT2D eigenvalue weighted by molar-refractivity contribution is -0.119. The lowest BCUT2D eigenvalue weighted by Gasteiger charge is -2.20. The molecule has 92 valence electrons. The maximum Gasteiger partial charge on any atom is 0.221 e. The van der Waals surface area contributed by atoms with Gasteiger partial charge in [-0.2, -0.15) is 0 Å². The van der Waals surface area contributed by atoms with Gasteiger partial charge in [0.2, 0.25) is 5.91 Å². The van der Waals surface area contributed by atoms with E-state index in [1.807, 2.05) is 6.07 Å². The van der Waals surface area contributed by atoms with Crippen molar-refractivity contribution >= 4 is 5.91 Å². The standard InChI is InChI=1S/C14H20N2O/c1-2-12(8-11-6-4-3-5-7-11)16-13-9-14(17)15-10-13/h3-7,12-13,16H,2,8-10H2,1H3,(H,15,17). The van der Waals surface area contributed by atoms with Gasteiger partial charge in [-0.1, -0.05) is 37.3 Å². The van der Waals surface area contributed by atoms with Crippen LogP contribution in [0.4, 0.5) is 0 Å². The third kappa shape index (κ3) is 3.56. The molecule has 1 aromatic carbocycles. The van der Waals surface area contributed by atoms with Crippen LogP contribution in [0, 0.1) is 0 Å². The molecule has 3 heteroatoms. The minimum absolute atomic E-state index is 0.164. The summed E-state index contributed by atoms with van der Waals surface area (Å²) in [6, 6.07) is 11.2. The normalized spacial score (nSPS) is 21.2. The van der Waals surface area contributed by atoms with E-state index in [1.165, 1.54) is 5.56 Å². The summed E-state index contributed by atoms with van der Waals surface area (Å²) in [6.07, 6.45) is 2.73. The molecule has 0 saturated carbocycles. The van der Waals surface area contributed by atoms with Crippen LogP contribution >= 0.6 is 0 Å². The van der Waals surface area contributed by atoms with E-state index in [2.05, 4.69) is 41.8 Å². The summed E-state index contributed by atoms with van der Waals surface area (Å²) in [5.41, 5.74) is 1.35. The summed E-state index contributed by atoms with van der Waals surface area (Å²) < 4.78 is 0. The predicted molar refractivity (Wildman–Crippen MR) is 68.8 cm³/mol. The lowest BCUT2D eigenvalue weighted by Crippen LogP contribution is -2.40. The molecule has 1 aromatic rings. The van der Waals surface area contributed by atoms with Gasteiger partial charge in [0.1, 0.15) is 0 Å². The van der Waals surface area contributed by atoms with Crippen molar-refractivity contribution in [2.45, 2.75) is 38.3 Å². The first-order valence-corrected chi connectivity index (χ1v) is 6.34. The molecular weight excluding hydrogens is 212 g/mol. The van der Waals surface area contributed by atoms with Crippen molar-refractivity contribution in [1.82, 2.24) is 10.6 Å². The number of nitrogens with one attached hydrogen (secondary N) is 2. The highest BCUT2D eigenvalue weighted by atomic mass is 16.1. The van der Waals surface area contributed by atoms with Crippen LogP contribution in [-0.2, 0) is 11.2 Å². The Morgan fingerprint density at radius 1 is 1.41 bits per heavy atom. The van der Waals surface area contributed by atoms with E-state index in [0.717, 1.165) is 19.4 Å². The fourth-order valence-electron chi connectivity index (χ4n) is 2.28. The smallest absolute Gasteiger partial charge is 0.221 e. The zero-order valence-electron chi connectivity index (χ0n) is 10.3. The number of rotatable bonds is 5. The van der Waals surface area contributed by atoms with Crippen LogP contribution in [0.1, 0.15) is 25.3 Å². The first-order valence-electron chi connectivity index (χ1n) is 6.34. The second-order valence-corrected chi connectivity index (χ2v) is 4.67. The zero-order chi connectivity index (χ0) is 12.1. The van der Waals surface area contributed by atoms with Crippen molar-refractivity contribution in [3.8, 4) is 0 Å². The highest BCUT2D eigenvalue weighted by Gasteiger charge is 2.23. The van der Waals surface area contributed by atoms with E-state index >= 15 is 0 Å². The van der Waals surface area contributed by atoms with Gasteiger partial charge in [0, 0.05) is 25.0 Å². The molecular formula is C14H20N2O. The highest BCUT2D eigenvalue weighted by Crippen LogP contribution is 2.08. The Balaban J connectivity index is 1.87. The fraction of sp³-hybridized carbons (Fsp3) is 0.500. The predicted octanol–water partition coefficient (Wildman–Crippen LogP) is 1.49. The second-order valence-electron chi connectivity index (χ2n) is 4.67. The molecule has 1 fully saturated rings. The van der Waals surface area contributed by atoms with Crippen molar-refractivity contribution in [3.05, 3.63) is 35.9 Å². The van der Waals surface area contributed by atoms with Gasteiger partial charge in [-0.3, -0.25) is 4.79 Å². The van der Waals surface area contributed by atoms with Crippen LogP contribution in [0.2, 0.25) is 0 Å². The van der Waals surface area contributed by atoms with Crippen LogP contribution in [0.3, 0.4) is 0 Å². The lowest BCUT2D eigenvalue weighted by atomic mass is 10.0. The molecule has 0 aliphatic carbocycles. The van der Waals surface area contributed by atoms with Crippen molar-refractivity contribution in [3.63, 3.8) is 0 Å². The summed E-state index contributed by atoms with van der Waals surface area (Å²) in [6.45, 7) is 2.95. The number of hydrogen-bond donors (Lipinski definition) is 2. The molecule has 0 aromatic heterocycles. The summed E-state index contributed by atoms with van der Waals surface area (Å²) in [5, 5.41) is 6.42. The van der Waals surface area contributed by atoms with Gasteiger partial charge in [0.25, 0.3) is 0 Å². The van der Waals surface area contributed by atoms with Crippen LogP contribution in [0.5, 0.6) is 0 Å². The van der Waals surface area contributed by atoms with Crippen LogP contribution in [-0.4, -0.2) is 24.5 Å². The SMILES string of the molecule is CCC(Cc1ccccc1)NC1CNC(=O)C1. The van der Waals surface area contributed by atoms with Gasteiger partial charge in [-0.05, 0) is 18.4 Å². The first-order chi connectivity index (χ1) is 8.28. The summed E-state index contributed by atoms with van der Waals surface area (Å²) in [4.78, 5) is 11.1. The largest absolute Gasteiger partial charge is 0.354 e. The molecule has 2 N–H and O–H groups in total.